The monoisotopic (exact) mass is 256 g/mol. The molecule has 3 heteroatoms. The molecule has 0 aromatic heterocycles. The first-order valence-corrected chi connectivity index (χ1v) is 5.95. The van der Waals surface area contributed by atoms with Crippen molar-refractivity contribution in [2.45, 2.75) is 21.4 Å². The Labute approximate surface area is 90.0 Å². The first-order valence-electron chi connectivity index (χ1n) is 4.16. The number of carbonyl (C=O) groups excluding carboxylic acids is 1. The minimum absolute atomic E-state index is 0.0711. The molecule has 1 aliphatic rings. The maximum atomic E-state index is 10.8. The fourth-order valence-electron chi connectivity index (χ4n) is 1.54. The number of halogens is 1. The lowest BCUT2D eigenvalue weighted by atomic mass is 9.98. The Bertz CT molecular complexity index is 326. The first kappa shape index (κ1) is 9.28. The van der Waals surface area contributed by atoms with Gasteiger partial charge in [-0.05, 0) is 18.1 Å². The van der Waals surface area contributed by atoms with Crippen molar-refractivity contribution in [3.8, 4) is 0 Å². The SMILES string of the molecule is O=CC1CC(Br)Sc2ccccc21. The first-order chi connectivity index (χ1) is 6.31. The summed E-state index contributed by atoms with van der Waals surface area (Å²) < 4.78 is 0.373. The van der Waals surface area contributed by atoms with Crippen molar-refractivity contribution in [2.24, 2.45) is 0 Å². The number of alkyl halides is 1. The van der Waals surface area contributed by atoms with E-state index in [-0.39, 0.29) is 5.92 Å². The van der Waals surface area contributed by atoms with Gasteiger partial charge >= 0.3 is 0 Å². The molecule has 1 aromatic carbocycles. The van der Waals surface area contributed by atoms with Gasteiger partial charge < -0.3 is 4.79 Å². The Kier molecular flexibility index (Phi) is 2.74. The summed E-state index contributed by atoms with van der Waals surface area (Å²) in [6.07, 6.45) is 1.94. The van der Waals surface area contributed by atoms with Crippen LogP contribution in [0.3, 0.4) is 0 Å². The van der Waals surface area contributed by atoms with E-state index in [0.717, 1.165) is 12.7 Å². The van der Waals surface area contributed by atoms with Crippen LogP contribution >= 0.6 is 27.7 Å². The van der Waals surface area contributed by atoms with E-state index in [4.69, 9.17) is 0 Å². The number of benzene rings is 1. The number of hydrogen-bond acceptors (Lipinski definition) is 2. The van der Waals surface area contributed by atoms with Crippen LogP contribution in [0.1, 0.15) is 17.9 Å². The summed E-state index contributed by atoms with van der Waals surface area (Å²) in [6.45, 7) is 0. The van der Waals surface area contributed by atoms with E-state index in [1.807, 2.05) is 18.2 Å². The van der Waals surface area contributed by atoms with E-state index in [2.05, 4.69) is 22.0 Å². The lowest BCUT2D eigenvalue weighted by molar-refractivity contribution is -0.109. The molecule has 1 aromatic rings. The molecule has 2 rings (SSSR count). The largest absolute Gasteiger partial charge is 0.303 e. The number of rotatable bonds is 1. The average molecular weight is 257 g/mol. The smallest absolute Gasteiger partial charge is 0.127 e. The van der Waals surface area contributed by atoms with Gasteiger partial charge in [0.05, 0.1) is 4.16 Å². The predicted octanol–water partition coefficient (Wildman–Crippen LogP) is 3.19. The second-order valence-corrected chi connectivity index (χ2v) is 6.00. The Hall–Kier alpha value is -0.280. The van der Waals surface area contributed by atoms with Crippen LogP contribution in [0.4, 0.5) is 0 Å². The van der Waals surface area contributed by atoms with Gasteiger partial charge in [-0.3, -0.25) is 0 Å². The van der Waals surface area contributed by atoms with Crippen molar-refractivity contribution < 1.29 is 4.79 Å². The topological polar surface area (TPSA) is 17.1 Å². The molecule has 0 saturated heterocycles. The van der Waals surface area contributed by atoms with Crippen LogP contribution in [0.25, 0.3) is 0 Å². The normalized spacial score (nSPS) is 26.5. The zero-order chi connectivity index (χ0) is 9.26. The Morgan fingerprint density at radius 3 is 3.00 bits per heavy atom. The van der Waals surface area contributed by atoms with Gasteiger partial charge in [0, 0.05) is 10.8 Å². The zero-order valence-corrected chi connectivity index (χ0v) is 9.35. The van der Waals surface area contributed by atoms with Crippen LogP contribution in [-0.4, -0.2) is 10.4 Å². The van der Waals surface area contributed by atoms with Crippen LogP contribution in [0.15, 0.2) is 29.2 Å². The fourth-order valence-corrected chi connectivity index (χ4v) is 3.63. The third-order valence-corrected chi connectivity index (χ3v) is 4.19. The molecule has 68 valence electrons. The van der Waals surface area contributed by atoms with E-state index in [9.17, 15) is 4.79 Å². The third kappa shape index (κ3) is 1.81. The fraction of sp³-hybridized carbons (Fsp3) is 0.300. The van der Waals surface area contributed by atoms with Crippen LogP contribution in [-0.2, 0) is 4.79 Å². The maximum Gasteiger partial charge on any atom is 0.127 e. The summed E-state index contributed by atoms with van der Waals surface area (Å²) in [6, 6.07) is 8.12. The quantitative estimate of drug-likeness (QED) is 0.567. The number of aldehydes is 1. The van der Waals surface area contributed by atoms with Gasteiger partial charge in [-0.1, -0.05) is 34.1 Å². The Morgan fingerprint density at radius 2 is 2.23 bits per heavy atom. The molecular weight excluding hydrogens is 248 g/mol. The van der Waals surface area contributed by atoms with Gasteiger partial charge in [-0.25, -0.2) is 0 Å². The standard InChI is InChI=1S/C10H9BrOS/c11-10-5-7(6-12)8-3-1-2-4-9(8)13-10/h1-4,6-7,10H,5H2. The van der Waals surface area contributed by atoms with Crippen LogP contribution in [0.5, 0.6) is 0 Å². The summed E-state index contributed by atoms with van der Waals surface area (Å²) in [5, 5.41) is 0. The summed E-state index contributed by atoms with van der Waals surface area (Å²) >= 11 is 5.33. The van der Waals surface area contributed by atoms with Crippen molar-refractivity contribution in [1.29, 1.82) is 0 Å². The molecule has 0 amide bonds. The van der Waals surface area contributed by atoms with E-state index in [1.54, 1.807) is 11.8 Å². The highest BCUT2D eigenvalue weighted by molar-refractivity contribution is 9.11. The summed E-state index contributed by atoms with van der Waals surface area (Å²) in [5.41, 5.74) is 1.18. The minimum Gasteiger partial charge on any atom is -0.303 e. The third-order valence-electron chi connectivity index (χ3n) is 2.18. The number of hydrogen-bond donors (Lipinski definition) is 0. The highest BCUT2D eigenvalue weighted by Gasteiger charge is 2.24. The lowest BCUT2D eigenvalue weighted by Gasteiger charge is -2.24. The molecule has 1 nitrogen and oxygen atoms in total. The second kappa shape index (κ2) is 3.84. The second-order valence-electron chi connectivity index (χ2n) is 3.04. The zero-order valence-electron chi connectivity index (χ0n) is 6.94. The molecule has 0 bridgehead atoms. The van der Waals surface area contributed by atoms with Crippen molar-refractivity contribution in [1.82, 2.24) is 0 Å². The van der Waals surface area contributed by atoms with E-state index < -0.39 is 0 Å². The van der Waals surface area contributed by atoms with Crippen LogP contribution < -0.4 is 0 Å². The molecule has 2 unspecified atom stereocenters. The predicted molar refractivity (Wildman–Crippen MR) is 58.4 cm³/mol. The molecule has 0 N–H and O–H groups in total. The highest BCUT2D eigenvalue weighted by Crippen LogP contribution is 2.43. The van der Waals surface area contributed by atoms with Crippen molar-refractivity contribution in [3.05, 3.63) is 29.8 Å². The molecule has 0 aliphatic carbocycles. The van der Waals surface area contributed by atoms with Crippen molar-refractivity contribution in [2.75, 3.05) is 0 Å². The van der Waals surface area contributed by atoms with Gasteiger partial charge in [0.15, 0.2) is 0 Å². The van der Waals surface area contributed by atoms with Gasteiger partial charge in [0.1, 0.15) is 6.29 Å². The Morgan fingerprint density at radius 1 is 1.46 bits per heavy atom. The molecule has 1 aliphatic heterocycles. The summed E-state index contributed by atoms with van der Waals surface area (Å²) in [4.78, 5) is 12.1. The maximum absolute atomic E-state index is 10.8. The molecule has 1 heterocycles. The van der Waals surface area contributed by atoms with Gasteiger partial charge in [-0.15, -0.1) is 11.8 Å². The van der Waals surface area contributed by atoms with Crippen LogP contribution in [0.2, 0.25) is 0 Å². The summed E-state index contributed by atoms with van der Waals surface area (Å²) in [7, 11) is 0. The Balaban J connectivity index is 2.42. The molecule has 0 saturated carbocycles. The molecule has 2 atom stereocenters. The van der Waals surface area contributed by atoms with Gasteiger partial charge in [-0.2, -0.15) is 0 Å². The molecule has 13 heavy (non-hydrogen) atoms. The van der Waals surface area contributed by atoms with E-state index in [1.165, 1.54) is 10.5 Å². The molecule has 0 spiro atoms. The summed E-state index contributed by atoms with van der Waals surface area (Å²) in [5.74, 6) is 0.0711. The molecular formula is C10H9BrOS. The average Bonchev–Trinajstić information content (AvgIpc) is 2.16. The minimum atomic E-state index is 0.0711. The molecule has 0 radical (unpaired) electrons. The van der Waals surface area contributed by atoms with Crippen molar-refractivity contribution >= 4 is 34.0 Å². The van der Waals surface area contributed by atoms with Crippen molar-refractivity contribution in [3.63, 3.8) is 0 Å². The van der Waals surface area contributed by atoms with E-state index in [0.29, 0.717) is 4.16 Å². The van der Waals surface area contributed by atoms with Gasteiger partial charge in [0.25, 0.3) is 0 Å². The number of thioether (sulfide) groups is 1. The number of carbonyl (C=O) groups is 1. The van der Waals surface area contributed by atoms with E-state index >= 15 is 0 Å². The highest BCUT2D eigenvalue weighted by atomic mass is 79.9. The van der Waals surface area contributed by atoms with Crippen LogP contribution in [0, 0.1) is 0 Å². The van der Waals surface area contributed by atoms with Gasteiger partial charge in [0.2, 0.25) is 0 Å². The lowest BCUT2D eigenvalue weighted by Crippen LogP contribution is -2.12. The number of fused-ring (bicyclic) bond motifs is 1. The molecule has 0 fully saturated rings.